The van der Waals surface area contributed by atoms with Gasteiger partial charge in [0.2, 0.25) is 11.7 Å². The maximum Gasteiger partial charge on any atom is 0.345 e. The van der Waals surface area contributed by atoms with Gasteiger partial charge in [-0.2, -0.15) is 0 Å². The molecule has 0 bridgehead atoms. The predicted octanol–water partition coefficient (Wildman–Crippen LogP) is 3.76. The lowest BCUT2D eigenvalue weighted by molar-refractivity contribution is -0.380. The molecule has 4 rings (SSSR count). The first-order valence-corrected chi connectivity index (χ1v) is 14.6. The molecule has 0 saturated carbocycles. The zero-order valence-corrected chi connectivity index (χ0v) is 22.4. The topological polar surface area (TPSA) is 174 Å². The first kappa shape index (κ1) is 27.9. The van der Waals surface area contributed by atoms with Crippen LogP contribution in [-0.2, 0) is 20.4 Å². The number of hydrogen-bond donors (Lipinski definition) is 2. The van der Waals surface area contributed by atoms with Crippen molar-refractivity contribution in [2.45, 2.75) is 37.6 Å². The minimum Gasteiger partial charge on any atom is -0.434 e. The van der Waals surface area contributed by atoms with Crippen molar-refractivity contribution in [2.75, 3.05) is 11.1 Å². The number of Topliss-reactive ketones (excluding diaryl/α,β-unsaturated/α-hetero) is 1. The van der Waals surface area contributed by atoms with E-state index in [4.69, 9.17) is 4.42 Å². The molecule has 2 aromatic heterocycles. The van der Waals surface area contributed by atoms with Crippen molar-refractivity contribution >= 4 is 54.1 Å². The van der Waals surface area contributed by atoms with Gasteiger partial charge < -0.3 is 15.1 Å². The lowest BCUT2D eigenvalue weighted by atomic mass is 10.1. The number of amides is 1. The monoisotopic (exact) mass is 571 g/mol. The molecule has 204 valence electrons. The van der Waals surface area contributed by atoms with Crippen LogP contribution in [0.25, 0.3) is 11.1 Å². The Kier molecular flexibility index (Phi) is 8.66. The number of carbonyl (C=O) groups excluding carboxylic acids is 2. The zero-order valence-electron chi connectivity index (χ0n) is 20.8. The summed E-state index contributed by atoms with van der Waals surface area (Å²) >= 11 is 0.663. The molecule has 0 aliphatic heterocycles. The van der Waals surface area contributed by atoms with Gasteiger partial charge in [-0.3, -0.25) is 19.7 Å². The number of hydrogen-bond acceptors (Lipinski definition) is 11. The van der Waals surface area contributed by atoms with E-state index in [9.17, 15) is 28.1 Å². The van der Waals surface area contributed by atoms with E-state index in [0.29, 0.717) is 34.4 Å². The lowest BCUT2D eigenvalue weighted by Crippen LogP contribution is -2.50. The van der Waals surface area contributed by atoms with Crippen LogP contribution < -0.4 is 10.6 Å². The molecule has 14 heteroatoms. The maximum absolute atomic E-state index is 13.4. The largest absolute Gasteiger partial charge is 0.434 e. The number of benzene rings is 2. The smallest absolute Gasteiger partial charge is 0.345 e. The molecule has 1 unspecified atom stereocenters. The van der Waals surface area contributed by atoms with E-state index in [-0.39, 0.29) is 28.2 Å². The van der Waals surface area contributed by atoms with Gasteiger partial charge in [0, 0.05) is 0 Å². The number of nitrogens with zero attached hydrogens (tertiary/aromatic N) is 3. The molecule has 39 heavy (non-hydrogen) atoms. The van der Waals surface area contributed by atoms with E-state index >= 15 is 0 Å². The molecule has 2 aromatic carbocycles. The molecule has 2 atom stereocenters. The number of oxazole rings is 1. The Bertz CT molecular complexity index is 1550. The van der Waals surface area contributed by atoms with Gasteiger partial charge in [0.15, 0.2) is 20.6 Å². The summed E-state index contributed by atoms with van der Waals surface area (Å²) in [5.74, 6) is -2.48. The van der Waals surface area contributed by atoms with Crippen LogP contribution in [0.2, 0.25) is 0 Å². The van der Waals surface area contributed by atoms with E-state index in [2.05, 4.69) is 20.6 Å². The van der Waals surface area contributed by atoms with Crippen molar-refractivity contribution in [3.8, 4) is 0 Å². The van der Waals surface area contributed by atoms with Gasteiger partial charge in [0.05, 0.1) is 22.5 Å². The number of rotatable bonds is 13. The van der Waals surface area contributed by atoms with Crippen LogP contribution in [0.5, 0.6) is 0 Å². The highest BCUT2D eigenvalue weighted by Gasteiger charge is 2.32. The summed E-state index contributed by atoms with van der Waals surface area (Å²) in [4.78, 5) is 45.2. The van der Waals surface area contributed by atoms with E-state index in [0.717, 1.165) is 6.20 Å². The summed E-state index contributed by atoms with van der Waals surface area (Å²) in [6, 6.07) is 12.9. The fourth-order valence-electron chi connectivity index (χ4n) is 3.85. The third-order valence-electron chi connectivity index (χ3n) is 5.65. The van der Waals surface area contributed by atoms with Crippen LogP contribution in [0.1, 0.15) is 36.0 Å². The molecular weight excluding hydrogens is 546 g/mol. The molecule has 0 fully saturated rings. The van der Waals surface area contributed by atoms with Gasteiger partial charge in [-0.1, -0.05) is 55.8 Å². The van der Waals surface area contributed by atoms with E-state index in [1.807, 2.05) is 6.92 Å². The Labute approximate surface area is 227 Å². The van der Waals surface area contributed by atoms with Gasteiger partial charge in [-0.05, 0) is 35.5 Å². The van der Waals surface area contributed by atoms with Crippen molar-refractivity contribution in [2.24, 2.45) is 0 Å². The molecule has 1 amide bonds. The second kappa shape index (κ2) is 12.1. The zero-order chi connectivity index (χ0) is 28.0. The average molecular weight is 572 g/mol. The van der Waals surface area contributed by atoms with Crippen molar-refractivity contribution in [1.82, 2.24) is 15.3 Å². The number of nitrogens with one attached hydrogen (secondary N) is 2. The van der Waals surface area contributed by atoms with Crippen molar-refractivity contribution < 1.29 is 27.3 Å². The fourth-order valence-corrected chi connectivity index (χ4v) is 6.09. The van der Waals surface area contributed by atoms with Crippen molar-refractivity contribution in [3.63, 3.8) is 0 Å². The van der Waals surface area contributed by atoms with Gasteiger partial charge in [-0.25, -0.2) is 18.4 Å². The molecule has 0 aliphatic rings. The minimum atomic E-state index is -3.84. The lowest BCUT2D eigenvalue weighted by Gasteiger charge is -2.22. The van der Waals surface area contributed by atoms with Gasteiger partial charge in [0.1, 0.15) is 17.8 Å². The molecular formula is C25H25N5O7S2. The second-order valence-corrected chi connectivity index (χ2v) is 11.8. The maximum atomic E-state index is 13.4. The van der Waals surface area contributed by atoms with Crippen LogP contribution in [0, 0.1) is 10.1 Å². The molecule has 0 saturated heterocycles. The molecule has 4 aromatic rings. The summed E-state index contributed by atoms with van der Waals surface area (Å²) in [7, 11) is -3.84. The highest BCUT2D eigenvalue weighted by atomic mass is 32.2. The van der Waals surface area contributed by atoms with Crippen LogP contribution >= 0.6 is 11.3 Å². The number of ketones is 1. The number of carbonyl (C=O) groups is 2. The Morgan fingerprint density at radius 3 is 2.49 bits per heavy atom. The molecule has 2 N–H and O–H groups in total. The minimum absolute atomic E-state index is 0.00548. The number of nitro groups is 1. The third kappa shape index (κ3) is 7.23. The standard InChI is InChI=1S/C25H25N5O7S2/c1-2-8-18(22(31)24-28-17-11-6-7-12-20(17)37-24)27-23(32)19(29-25-26-13-21(38-25)30(33)34)15-39(35,36)14-16-9-4-3-5-10-16/h3-7,9-13,18-19H,2,8,14-15H2,1H3,(H,26,29)(H,27,32)/t18?,19-/m1/s1. The average Bonchev–Trinajstić information content (AvgIpc) is 3.55. The molecule has 0 radical (unpaired) electrons. The number of fused-ring (bicyclic) bond motifs is 1. The van der Waals surface area contributed by atoms with E-state index < -0.39 is 44.3 Å². The number of para-hydroxylation sites is 2. The first-order chi connectivity index (χ1) is 18.6. The van der Waals surface area contributed by atoms with Crippen LogP contribution in [-0.4, -0.2) is 52.8 Å². The third-order valence-corrected chi connectivity index (χ3v) is 8.15. The first-order valence-electron chi connectivity index (χ1n) is 12.0. The second-order valence-electron chi connectivity index (χ2n) is 8.70. The number of anilines is 1. The summed E-state index contributed by atoms with van der Waals surface area (Å²) in [5.41, 5.74) is 1.44. The Morgan fingerprint density at radius 1 is 1.10 bits per heavy atom. The summed E-state index contributed by atoms with van der Waals surface area (Å²) in [6.07, 6.45) is 1.78. The highest BCUT2D eigenvalue weighted by Crippen LogP contribution is 2.26. The quantitative estimate of drug-likeness (QED) is 0.137. The van der Waals surface area contributed by atoms with E-state index in [1.54, 1.807) is 54.6 Å². The number of thiazole rings is 1. The van der Waals surface area contributed by atoms with Crippen LogP contribution in [0.4, 0.5) is 10.1 Å². The molecule has 0 spiro atoms. The summed E-state index contributed by atoms with van der Waals surface area (Å²) in [6.45, 7) is 1.83. The highest BCUT2D eigenvalue weighted by molar-refractivity contribution is 7.90. The summed E-state index contributed by atoms with van der Waals surface area (Å²) in [5, 5.41) is 16.1. The Balaban J connectivity index is 1.57. The van der Waals surface area contributed by atoms with Gasteiger partial charge >= 0.3 is 5.00 Å². The number of sulfone groups is 1. The SMILES string of the molecule is CCCC(NC(=O)[C@@H](CS(=O)(=O)Cc1ccccc1)Nc1ncc([N+](=O)[O-])s1)C(=O)c1nc2ccccc2o1. The van der Waals surface area contributed by atoms with Crippen LogP contribution in [0.15, 0.2) is 65.2 Å². The van der Waals surface area contributed by atoms with Gasteiger partial charge in [-0.15, -0.1) is 0 Å². The Hall–Kier alpha value is -4.17. The Morgan fingerprint density at radius 2 is 1.82 bits per heavy atom. The van der Waals surface area contributed by atoms with Crippen LogP contribution in [0.3, 0.4) is 0 Å². The van der Waals surface area contributed by atoms with Gasteiger partial charge in [0.25, 0.3) is 5.89 Å². The normalized spacial score (nSPS) is 13.1. The van der Waals surface area contributed by atoms with E-state index in [1.165, 1.54) is 0 Å². The van der Waals surface area contributed by atoms with Crippen molar-refractivity contribution in [1.29, 1.82) is 0 Å². The molecule has 2 heterocycles. The predicted molar refractivity (Wildman–Crippen MR) is 145 cm³/mol. The molecule has 12 nitrogen and oxygen atoms in total. The van der Waals surface area contributed by atoms with Crippen molar-refractivity contribution in [3.05, 3.63) is 82.4 Å². The fraction of sp³-hybridized carbons (Fsp3) is 0.280. The molecule has 0 aliphatic carbocycles. The summed E-state index contributed by atoms with van der Waals surface area (Å²) < 4.78 is 31.7. The number of aromatic nitrogens is 2.